The van der Waals surface area contributed by atoms with Gasteiger partial charge in [0.2, 0.25) is 0 Å². The summed E-state index contributed by atoms with van der Waals surface area (Å²) in [6.07, 6.45) is 1.33. The van der Waals surface area contributed by atoms with Crippen LogP contribution in [0.15, 0.2) is 29.8 Å². The Hall–Kier alpha value is -2.61. The monoisotopic (exact) mass is 277 g/mol. The second-order valence-corrected chi connectivity index (χ2v) is 4.05. The number of carbonyl (C=O) groups excluding carboxylic acids is 2. The molecule has 1 saturated heterocycles. The van der Waals surface area contributed by atoms with Crippen molar-refractivity contribution in [2.75, 3.05) is 0 Å². The van der Waals surface area contributed by atoms with Crippen molar-refractivity contribution >= 4 is 40.9 Å². The van der Waals surface area contributed by atoms with Crippen molar-refractivity contribution in [3.05, 3.63) is 45.5 Å². The minimum absolute atomic E-state index is 0.0455. The molecule has 1 aliphatic rings. The fourth-order valence-electron chi connectivity index (χ4n) is 1.47. The van der Waals surface area contributed by atoms with Crippen LogP contribution in [0.4, 0.5) is 5.69 Å². The molecule has 1 aromatic carbocycles. The van der Waals surface area contributed by atoms with E-state index < -0.39 is 16.7 Å². The molecule has 0 atom stereocenters. The molecule has 1 aliphatic heterocycles. The smallest absolute Gasteiger partial charge is 0.269 e. The van der Waals surface area contributed by atoms with Gasteiger partial charge in [0.05, 0.1) is 4.92 Å². The van der Waals surface area contributed by atoms with Gasteiger partial charge in [-0.1, -0.05) is 0 Å². The van der Waals surface area contributed by atoms with Gasteiger partial charge in [-0.15, -0.1) is 0 Å². The zero-order chi connectivity index (χ0) is 14.0. The topological polar surface area (TPSA) is 101 Å². The molecule has 0 aromatic heterocycles. The predicted octanol–water partition coefficient (Wildman–Crippen LogP) is 0.509. The Labute approximate surface area is 112 Å². The summed E-state index contributed by atoms with van der Waals surface area (Å²) in [6.45, 7) is 0. The standard InChI is InChI=1S/C11H7N3O4S/c15-9-8(10(16)13-11(19)12-9)5-6-1-3-7(4-2-6)14(17)18/h1-5H,(H2,12,13,15,16,19). The second-order valence-electron chi connectivity index (χ2n) is 3.64. The lowest BCUT2D eigenvalue weighted by atomic mass is 10.1. The number of nitro benzene ring substituents is 1. The van der Waals surface area contributed by atoms with Gasteiger partial charge in [0.25, 0.3) is 17.5 Å². The molecule has 2 rings (SSSR count). The van der Waals surface area contributed by atoms with Crippen molar-refractivity contribution in [2.24, 2.45) is 0 Å². The largest absolute Gasteiger partial charge is 0.299 e. The van der Waals surface area contributed by atoms with E-state index in [9.17, 15) is 19.7 Å². The first-order valence-electron chi connectivity index (χ1n) is 5.10. The van der Waals surface area contributed by atoms with Gasteiger partial charge >= 0.3 is 0 Å². The number of amides is 2. The number of carbonyl (C=O) groups is 2. The lowest BCUT2D eigenvalue weighted by Gasteiger charge is -2.16. The highest BCUT2D eigenvalue weighted by atomic mass is 32.1. The van der Waals surface area contributed by atoms with E-state index in [-0.39, 0.29) is 16.4 Å². The Morgan fingerprint density at radius 3 is 2.11 bits per heavy atom. The minimum atomic E-state index is -0.605. The molecule has 0 aliphatic carbocycles. The lowest BCUT2D eigenvalue weighted by molar-refractivity contribution is -0.384. The molecule has 0 unspecified atom stereocenters. The van der Waals surface area contributed by atoms with Crippen LogP contribution < -0.4 is 10.6 Å². The van der Waals surface area contributed by atoms with Crippen LogP contribution in [0.25, 0.3) is 6.08 Å². The van der Waals surface area contributed by atoms with Crippen LogP contribution in [0.1, 0.15) is 5.56 Å². The molecule has 1 heterocycles. The zero-order valence-corrected chi connectivity index (χ0v) is 10.2. The van der Waals surface area contributed by atoms with Gasteiger partial charge in [0, 0.05) is 12.1 Å². The summed E-state index contributed by atoms with van der Waals surface area (Å²) in [4.78, 5) is 33.1. The lowest BCUT2D eigenvalue weighted by Crippen LogP contribution is -2.51. The molecule has 1 aromatic rings. The zero-order valence-electron chi connectivity index (χ0n) is 9.38. The Balaban J connectivity index is 2.30. The van der Waals surface area contributed by atoms with Gasteiger partial charge in [-0.3, -0.25) is 30.3 Å². The summed E-state index contributed by atoms with van der Waals surface area (Å²) in [5, 5.41) is 15.0. The fourth-order valence-corrected chi connectivity index (χ4v) is 1.65. The van der Waals surface area contributed by atoms with Crippen molar-refractivity contribution in [1.82, 2.24) is 10.6 Å². The van der Waals surface area contributed by atoms with Crippen molar-refractivity contribution < 1.29 is 14.5 Å². The molecule has 8 heteroatoms. The second kappa shape index (κ2) is 4.94. The Morgan fingerprint density at radius 2 is 1.63 bits per heavy atom. The number of benzene rings is 1. The molecule has 0 spiro atoms. The van der Waals surface area contributed by atoms with E-state index in [2.05, 4.69) is 22.9 Å². The van der Waals surface area contributed by atoms with E-state index in [1.807, 2.05) is 0 Å². The summed E-state index contributed by atoms with van der Waals surface area (Å²) in [6, 6.07) is 5.46. The first kappa shape index (κ1) is 12.8. The van der Waals surface area contributed by atoms with Crippen LogP contribution in [0.5, 0.6) is 0 Å². The van der Waals surface area contributed by atoms with Crippen LogP contribution in [0.2, 0.25) is 0 Å². The molecule has 19 heavy (non-hydrogen) atoms. The summed E-state index contributed by atoms with van der Waals surface area (Å²) in [7, 11) is 0. The van der Waals surface area contributed by atoms with Crippen LogP contribution in [0.3, 0.4) is 0 Å². The molecule has 0 saturated carbocycles. The first-order chi connectivity index (χ1) is 8.97. The molecular formula is C11H7N3O4S. The van der Waals surface area contributed by atoms with E-state index in [1.54, 1.807) is 0 Å². The normalized spacial score (nSPS) is 14.7. The fraction of sp³-hybridized carbons (Fsp3) is 0. The van der Waals surface area contributed by atoms with Crippen LogP contribution >= 0.6 is 12.2 Å². The average molecular weight is 277 g/mol. The highest BCUT2D eigenvalue weighted by Gasteiger charge is 2.25. The maximum atomic E-state index is 11.6. The van der Waals surface area contributed by atoms with Crippen molar-refractivity contribution in [2.45, 2.75) is 0 Å². The number of hydrogen-bond acceptors (Lipinski definition) is 5. The van der Waals surface area contributed by atoms with Gasteiger partial charge in [-0.05, 0) is 36.0 Å². The number of hydrogen-bond donors (Lipinski definition) is 2. The average Bonchev–Trinajstić information content (AvgIpc) is 2.34. The summed E-state index contributed by atoms with van der Waals surface area (Å²) < 4.78 is 0. The summed E-state index contributed by atoms with van der Waals surface area (Å²) in [5.74, 6) is -1.21. The van der Waals surface area contributed by atoms with Crippen LogP contribution in [0, 0.1) is 10.1 Å². The van der Waals surface area contributed by atoms with E-state index in [0.717, 1.165) is 0 Å². The maximum absolute atomic E-state index is 11.6. The van der Waals surface area contributed by atoms with Crippen molar-refractivity contribution in [3.63, 3.8) is 0 Å². The van der Waals surface area contributed by atoms with E-state index in [1.165, 1.54) is 30.3 Å². The summed E-state index contributed by atoms with van der Waals surface area (Å²) >= 11 is 4.66. The predicted molar refractivity (Wildman–Crippen MR) is 70.0 cm³/mol. The molecule has 2 N–H and O–H groups in total. The highest BCUT2D eigenvalue weighted by Crippen LogP contribution is 2.15. The van der Waals surface area contributed by atoms with E-state index >= 15 is 0 Å². The molecule has 1 fully saturated rings. The maximum Gasteiger partial charge on any atom is 0.269 e. The SMILES string of the molecule is O=C1NC(=S)NC(=O)C1=Cc1ccc([N+](=O)[O-])cc1. The number of rotatable bonds is 2. The first-order valence-corrected chi connectivity index (χ1v) is 5.51. The van der Waals surface area contributed by atoms with Crippen molar-refractivity contribution in [3.8, 4) is 0 Å². The Kier molecular flexibility index (Phi) is 3.34. The Morgan fingerprint density at radius 1 is 1.11 bits per heavy atom. The van der Waals surface area contributed by atoms with Crippen LogP contribution in [-0.2, 0) is 9.59 Å². The van der Waals surface area contributed by atoms with E-state index in [4.69, 9.17) is 0 Å². The van der Waals surface area contributed by atoms with Crippen molar-refractivity contribution in [1.29, 1.82) is 0 Å². The third kappa shape index (κ3) is 2.80. The number of non-ortho nitro benzene ring substituents is 1. The number of nitro groups is 1. The quantitative estimate of drug-likeness (QED) is 0.269. The van der Waals surface area contributed by atoms with Gasteiger partial charge in [-0.2, -0.15) is 0 Å². The third-order valence-corrected chi connectivity index (χ3v) is 2.56. The molecule has 2 amide bonds. The Bertz CT molecular complexity index is 599. The van der Waals surface area contributed by atoms with Gasteiger partial charge in [-0.25, -0.2) is 0 Å². The molecule has 96 valence electrons. The van der Waals surface area contributed by atoms with E-state index in [0.29, 0.717) is 5.56 Å². The van der Waals surface area contributed by atoms with Gasteiger partial charge in [0.1, 0.15) is 5.57 Å². The third-order valence-electron chi connectivity index (χ3n) is 2.36. The molecule has 0 bridgehead atoms. The highest BCUT2D eigenvalue weighted by molar-refractivity contribution is 7.80. The number of thiocarbonyl (C=S) groups is 1. The number of nitrogens with one attached hydrogen (secondary N) is 2. The van der Waals surface area contributed by atoms with Crippen LogP contribution in [-0.4, -0.2) is 21.9 Å². The molecule has 0 radical (unpaired) electrons. The number of nitrogens with zero attached hydrogens (tertiary/aromatic N) is 1. The van der Waals surface area contributed by atoms with Gasteiger partial charge in [0.15, 0.2) is 5.11 Å². The minimum Gasteiger partial charge on any atom is -0.299 e. The molecule has 7 nitrogen and oxygen atoms in total. The molecular weight excluding hydrogens is 270 g/mol. The summed E-state index contributed by atoms with van der Waals surface area (Å²) in [5.41, 5.74) is 0.321. The van der Waals surface area contributed by atoms with Gasteiger partial charge < -0.3 is 0 Å².